The summed E-state index contributed by atoms with van der Waals surface area (Å²) in [6, 6.07) is 1.82. The molecule has 7 heteroatoms. The Morgan fingerprint density at radius 2 is 2.14 bits per heavy atom. The molecular weight excluding hydrogens is 358 g/mol. The predicted octanol–water partition coefficient (Wildman–Crippen LogP) is 1.67. The van der Waals surface area contributed by atoms with Gasteiger partial charge in [0.25, 0.3) is 5.91 Å². The Hall–Kier alpha value is -1.86. The van der Waals surface area contributed by atoms with Crippen molar-refractivity contribution in [2.24, 2.45) is 11.8 Å². The first kappa shape index (κ1) is 19.5. The second-order valence-corrected chi connectivity index (χ2v) is 8.41. The maximum Gasteiger partial charge on any atom is 0.289 e. The third kappa shape index (κ3) is 3.24. The number of nitrogens with one attached hydrogen (secondary N) is 1. The van der Waals surface area contributed by atoms with Crippen molar-refractivity contribution in [3.8, 4) is 0 Å². The van der Waals surface area contributed by atoms with Crippen LogP contribution in [0.1, 0.15) is 42.8 Å². The van der Waals surface area contributed by atoms with E-state index in [1.807, 2.05) is 17.9 Å². The fourth-order valence-electron chi connectivity index (χ4n) is 5.29. The molecule has 4 heterocycles. The number of amides is 2. The Bertz CT molecular complexity index is 744. The van der Waals surface area contributed by atoms with E-state index in [1.165, 1.54) is 0 Å². The number of hydrogen-bond acceptors (Lipinski definition) is 5. The maximum absolute atomic E-state index is 12.9. The number of carbonyl (C=O) groups is 2. The summed E-state index contributed by atoms with van der Waals surface area (Å²) in [4.78, 5) is 29.2. The highest BCUT2D eigenvalue weighted by molar-refractivity contribution is 5.93. The van der Waals surface area contributed by atoms with Gasteiger partial charge in [-0.2, -0.15) is 0 Å². The van der Waals surface area contributed by atoms with Crippen molar-refractivity contribution in [1.29, 1.82) is 0 Å². The van der Waals surface area contributed by atoms with Crippen molar-refractivity contribution >= 4 is 11.8 Å². The van der Waals surface area contributed by atoms with Gasteiger partial charge in [-0.1, -0.05) is 13.8 Å². The van der Waals surface area contributed by atoms with Gasteiger partial charge in [0.15, 0.2) is 5.76 Å². The molecule has 0 saturated carbocycles. The monoisotopic (exact) mass is 389 g/mol. The molecule has 1 N–H and O–H groups in total. The van der Waals surface area contributed by atoms with E-state index >= 15 is 0 Å². The van der Waals surface area contributed by atoms with Gasteiger partial charge in [0, 0.05) is 30.5 Å². The summed E-state index contributed by atoms with van der Waals surface area (Å²) in [5, 5.41) is 3.12. The average Bonchev–Trinajstić information content (AvgIpc) is 3.44. The quantitative estimate of drug-likeness (QED) is 0.768. The lowest BCUT2D eigenvalue weighted by Gasteiger charge is -2.29. The lowest BCUT2D eigenvalue weighted by molar-refractivity contribution is -0.122. The molecule has 4 atom stereocenters. The number of nitrogens with zero attached hydrogens (tertiary/aromatic N) is 2. The molecular formula is C21H31N3O4. The minimum atomic E-state index is -0.241. The number of rotatable bonds is 7. The van der Waals surface area contributed by atoms with Crippen molar-refractivity contribution in [2.75, 3.05) is 39.3 Å². The lowest BCUT2D eigenvalue weighted by Crippen LogP contribution is -2.44. The third-order valence-corrected chi connectivity index (χ3v) is 6.92. The molecule has 0 radical (unpaired) electrons. The van der Waals surface area contributed by atoms with E-state index in [-0.39, 0.29) is 35.4 Å². The molecule has 28 heavy (non-hydrogen) atoms. The molecule has 0 aliphatic carbocycles. The van der Waals surface area contributed by atoms with Crippen LogP contribution in [0.5, 0.6) is 0 Å². The molecule has 2 bridgehead atoms. The number of aryl methyl sites for hydroxylation is 1. The molecule has 1 aromatic rings. The molecule has 3 aliphatic rings. The molecule has 4 rings (SSSR count). The summed E-state index contributed by atoms with van der Waals surface area (Å²) in [7, 11) is 0. The zero-order valence-electron chi connectivity index (χ0n) is 17.1. The van der Waals surface area contributed by atoms with E-state index in [4.69, 9.17) is 9.15 Å². The second-order valence-electron chi connectivity index (χ2n) is 8.41. The van der Waals surface area contributed by atoms with Gasteiger partial charge in [-0.15, -0.1) is 0 Å². The molecule has 3 aliphatic heterocycles. The Morgan fingerprint density at radius 1 is 1.36 bits per heavy atom. The van der Waals surface area contributed by atoms with Gasteiger partial charge < -0.3 is 19.4 Å². The van der Waals surface area contributed by atoms with E-state index in [2.05, 4.69) is 24.1 Å². The largest absolute Gasteiger partial charge is 0.459 e. The van der Waals surface area contributed by atoms with Crippen LogP contribution in [0.4, 0.5) is 0 Å². The zero-order valence-corrected chi connectivity index (χ0v) is 17.1. The van der Waals surface area contributed by atoms with E-state index in [1.54, 1.807) is 6.26 Å². The van der Waals surface area contributed by atoms with Crippen LogP contribution in [0.3, 0.4) is 0 Å². The summed E-state index contributed by atoms with van der Waals surface area (Å²) in [5.41, 5.74) is 0.625. The average molecular weight is 389 g/mol. The van der Waals surface area contributed by atoms with Crippen molar-refractivity contribution in [3.63, 3.8) is 0 Å². The van der Waals surface area contributed by atoms with E-state index in [9.17, 15) is 9.59 Å². The molecule has 1 spiro atoms. The topological polar surface area (TPSA) is 75.0 Å². The van der Waals surface area contributed by atoms with Gasteiger partial charge in [-0.3, -0.25) is 14.5 Å². The number of fused-ring (bicyclic) bond motifs is 1. The molecule has 3 fully saturated rings. The summed E-state index contributed by atoms with van der Waals surface area (Å²) in [5.74, 6) is 0.986. The number of likely N-dealkylation sites (N-methyl/N-ethyl adjacent to an activating group) is 1. The van der Waals surface area contributed by atoms with Gasteiger partial charge in [-0.05, 0) is 38.9 Å². The van der Waals surface area contributed by atoms with Crippen LogP contribution in [0.2, 0.25) is 0 Å². The van der Waals surface area contributed by atoms with Gasteiger partial charge >= 0.3 is 0 Å². The van der Waals surface area contributed by atoms with Crippen LogP contribution in [0.15, 0.2) is 16.7 Å². The van der Waals surface area contributed by atoms with Crippen LogP contribution in [0, 0.1) is 18.8 Å². The molecule has 1 aromatic heterocycles. The van der Waals surface area contributed by atoms with Crippen LogP contribution in [-0.2, 0) is 9.53 Å². The summed E-state index contributed by atoms with van der Waals surface area (Å²) in [6.07, 6.45) is 3.76. The third-order valence-electron chi connectivity index (χ3n) is 6.92. The smallest absolute Gasteiger partial charge is 0.289 e. The SMILES string of the molecule is CCN(CC)CC(=O)NC[C@H]1[C@H]2CN(C(=O)c3occc3C)C[C@]23CC[C@H]1O3. The van der Waals surface area contributed by atoms with Crippen molar-refractivity contribution in [1.82, 2.24) is 15.1 Å². The van der Waals surface area contributed by atoms with E-state index in [0.717, 1.165) is 31.5 Å². The number of hydrogen-bond donors (Lipinski definition) is 1. The predicted molar refractivity (Wildman–Crippen MR) is 104 cm³/mol. The fraction of sp³-hybridized carbons (Fsp3) is 0.714. The Kier molecular flexibility index (Phi) is 5.22. The zero-order chi connectivity index (χ0) is 19.9. The molecule has 154 valence electrons. The first-order valence-electron chi connectivity index (χ1n) is 10.5. The van der Waals surface area contributed by atoms with Gasteiger partial charge in [-0.25, -0.2) is 0 Å². The number of ether oxygens (including phenoxy) is 1. The number of furan rings is 1. The molecule has 7 nitrogen and oxygen atoms in total. The molecule has 2 amide bonds. The van der Waals surface area contributed by atoms with Gasteiger partial charge in [0.2, 0.25) is 5.91 Å². The fourth-order valence-corrected chi connectivity index (χ4v) is 5.29. The second kappa shape index (κ2) is 7.52. The van der Waals surface area contributed by atoms with Gasteiger partial charge in [0.05, 0.1) is 31.1 Å². The molecule has 3 saturated heterocycles. The Morgan fingerprint density at radius 3 is 2.82 bits per heavy atom. The van der Waals surface area contributed by atoms with Crippen molar-refractivity contribution < 1.29 is 18.7 Å². The standard InChI is InChI=1S/C21H31N3O4/c1-4-23(5-2)12-18(25)22-10-15-16-11-24(13-21(16)8-6-17(15)28-21)20(26)19-14(3)7-9-27-19/h7,9,15-17H,4-6,8,10-13H2,1-3H3,(H,22,25)/t15-,16+,17+,21+/m0/s1. The first-order chi connectivity index (χ1) is 13.5. The van der Waals surface area contributed by atoms with E-state index in [0.29, 0.717) is 31.9 Å². The van der Waals surface area contributed by atoms with Crippen molar-refractivity contribution in [2.45, 2.75) is 45.3 Å². The minimum Gasteiger partial charge on any atom is -0.459 e. The molecule has 0 unspecified atom stereocenters. The summed E-state index contributed by atoms with van der Waals surface area (Å²) in [6.45, 7) is 10.1. The van der Waals surface area contributed by atoms with Gasteiger partial charge in [0.1, 0.15) is 0 Å². The highest BCUT2D eigenvalue weighted by atomic mass is 16.5. The van der Waals surface area contributed by atoms with E-state index < -0.39 is 0 Å². The summed E-state index contributed by atoms with van der Waals surface area (Å²) >= 11 is 0. The maximum atomic E-state index is 12.9. The summed E-state index contributed by atoms with van der Waals surface area (Å²) < 4.78 is 11.8. The normalized spacial score (nSPS) is 30.9. The van der Waals surface area contributed by atoms with Crippen LogP contribution in [-0.4, -0.2) is 72.6 Å². The van der Waals surface area contributed by atoms with Crippen LogP contribution < -0.4 is 5.32 Å². The number of likely N-dealkylation sites (tertiary alicyclic amines) is 1. The van der Waals surface area contributed by atoms with Crippen molar-refractivity contribution in [3.05, 3.63) is 23.7 Å². The molecule has 0 aromatic carbocycles. The van der Waals surface area contributed by atoms with Crippen LogP contribution in [0.25, 0.3) is 0 Å². The Labute approximate surface area is 166 Å². The first-order valence-corrected chi connectivity index (χ1v) is 10.5. The lowest BCUT2D eigenvalue weighted by atomic mass is 9.73. The number of carbonyl (C=O) groups excluding carboxylic acids is 2. The minimum absolute atomic E-state index is 0.0531. The van der Waals surface area contributed by atoms with Crippen LogP contribution >= 0.6 is 0 Å². The highest BCUT2D eigenvalue weighted by Crippen LogP contribution is 2.54. The Balaban J connectivity index is 1.40. The highest BCUT2D eigenvalue weighted by Gasteiger charge is 2.63.